The summed E-state index contributed by atoms with van der Waals surface area (Å²) in [5.41, 5.74) is -0.714. The summed E-state index contributed by atoms with van der Waals surface area (Å²) in [6.45, 7) is 6.44. The molecule has 0 radical (unpaired) electrons. The van der Waals surface area contributed by atoms with Gasteiger partial charge in [0.05, 0.1) is 7.11 Å². The number of hydrogen-bond donors (Lipinski definition) is 1. The fourth-order valence-corrected chi connectivity index (χ4v) is 1.66. The van der Waals surface area contributed by atoms with Crippen molar-refractivity contribution in [1.29, 1.82) is 0 Å². The molecule has 0 unspecified atom stereocenters. The van der Waals surface area contributed by atoms with E-state index in [9.17, 15) is 9.90 Å². The van der Waals surface area contributed by atoms with E-state index >= 15 is 0 Å². The zero-order chi connectivity index (χ0) is 13.8. The van der Waals surface area contributed by atoms with Gasteiger partial charge < -0.3 is 14.6 Å². The van der Waals surface area contributed by atoms with Gasteiger partial charge in [-0.3, -0.25) is 4.79 Å². The largest absolute Gasteiger partial charge is 0.497 e. The van der Waals surface area contributed by atoms with Crippen LogP contribution in [0.3, 0.4) is 0 Å². The van der Waals surface area contributed by atoms with E-state index in [0.717, 1.165) is 0 Å². The van der Waals surface area contributed by atoms with Gasteiger partial charge in [0.2, 0.25) is 0 Å². The van der Waals surface area contributed by atoms with E-state index in [1.807, 2.05) is 0 Å². The highest BCUT2D eigenvalue weighted by Gasteiger charge is 2.34. The van der Waals surface area contributed by atoms with Gasteiger partial charge in [0, 0.05) is 6.92 Å². The van der Waals surface area contributed by atoms with Crippen LogP contribution in [0.5, 0.6) is 5.75 Å². The summed E-state index contributed by atoms with van der Waals surface area (Å²) in [5, 5.41) is 10.5. The number of hydrogen-bond acceptors (Lipinski definition) is 4. The molecule has 0 aromatic heterocycles. The third kappa shape index (κ3) is 3.11. The van der Waals surface area contributed by atoms with Gasteiger partial charge in [-0.05, 0) is 30.7 Å². The zero-order valence-electron chi connectivity index (χ0n) is 10.8. The van der Waals surface area contributed by atoms with E-state index in [4.69, 9.17) is 9.47 Å². The molecule has 0 heterocycles. The average Bonchev–Trinajstić information content (AvgIpc) is 2.35. The number of carbonyl (C=O) groups is 1. The molecular formula is C14H18O4. The molecule has 0 saturated heterocycles. The molecule has 2 atom stereocenters. The van der Waals surface area contributed by atoms with Crippen molar-refractivity contribution >= 4 is 5.97 Å². The molecule has 0 aliphatic carbocycles. The summed E-state index contributed by atoms with van der Waals surface area (Å²) in [7, 11) is 1.57. The van der Waals surface area contributed by atoms with Gasteiger partial charge in [0.25, 0.3) is 0 Å². The molecule has 0 amide bonds. The Morgan fingerprint density at radius 2 is 2.00 bits per heavy atom. The topological polar surface area (TPSA) is 55.8 Å². The Hall–Kier alpha value is -1.81. The first-order valence-electron chi connectivity index (χ1n) is 5.58. The lowest BCUT2D eigenvalue weighted by atomic mass is 9.90. The maximum Gasteiger partial charge on any atom is 0.303 e. The first-order chi connectivity index (χ1) is 8.41. The Morgan fingerprint density at radius 1 is 1.44 bits per heavy atom. The molecule has 18 heavy (non-hydrogen) atoms. The van der Waals surface area contributed by atoms with Gasteiger partial charge in [0.15, 0.2) is 6.10 Å². The first-order valence-corrected chi connectivity index (χ1v) is 5.58. The predicted octanol–water partition coefficient (Wildman–Crippen LogP) is 2.02. The van der Waals surface area contributed by atoms with Crippen molar-refractivity contribution < 1.29 is 19.4 Å². The number of benzene rings is 1. The van der Waals surface area contributed by atoms with Gasteiger partial charge in [0.1, 0.15) is 11.4 Å². The van der Waals surface area contributed by atoms with Crippen LogP contribution in [0.4, 0.5) is 0 Å². The van der Waals surface area contributed by atoms with Crippen LogP contribution in [0.2, 0.25) is 0 Å². The van der Waals surface area contributed by atoms with E-state index in [0.29, 0.717) is 11.3 Å². The summed E-state index contributed by atoms with van der Waals surface area (Å²) >= 11 is 0. The van der Waals surface area contributed by atoms with Crippen LogP contribution in [0.15, 0.2) is 36.9 Å². The highest BCUT2D eigenvalue weighted by Crippen LogP contribution is 2.28. The minimum atomic E-state index is -1.33. The van der Waals surface area contributed by atoms with Crippen LogP contribution in [0, 0.1) is 0 Å². The molecule has 0 aliphatic heterocycles. The van der Waals surface area contributed by atoms with Crippen LogP contribution in [0.25, 0.3) is 0 Å². The van der Waals surface area contributed by atoms with Crippen molar-refractivity contribution in [3.63, 3.8) is 0 Å². The summed E-state index contributed by atoms with van der Waals surface area (Å²) in [4.78, 5) is 11.0. The lowest BCUT2D eigenvalue weighted by Gasteiger charge is -2.30. The van der Waals surface area contributed by atoms with E-state index in [1.54, 1.807) is 38.3 Å². The fraction of sp³-hybridized carbons (Fsp3) is 0.357. The molecule has 0 aliphatic rings. The van der Waals surface area contributed by atoms with E-state index < -0.39 is 17.7 Å². The van der Waals surface area contributed by atoms with Gasteiger partial charge >= 0.3 is 5.97 Å². The monoisotopic (exact) mass is 250 g/mol. The van der Waals surface area contributed by atoms with Crippen LogP contribution in [-0.2, 0) is 15.1 Å². The number of methoxy groups -OCH3 is 1. The van der Waals surface area contributed by atoms with E-state index in [2.05, 4.69) is 6.58 Å². The predicted molar refractivity (Wildman–Crippen MR) is 68.3 cm³/mol. The van der Waals surface area contributed by atoms with Crippen LogP contribution in [0.1, 0.15) is 19.4 Å². The Bertz CT molecular complexity index is 420. The third-order valence-electron chi connectivity index (χ3n) is 2.74. The maximum atomic E-state index is 11.0. The molecule has 0 saturated carbocycles. The summed E-state index contributed by atoms with van der Waals surface area (Å²) in [6.07, 6.45) is 0.606. The SMILES string of the molecule is C=C[C@H](OC(C)=O)[C@@](C)(O)c1ccc(OC)cc1. The van der Waals surface area contributed by atoms with Crippen molar-refractivity contribution in [2.24, 2.45) is 0 Å². The second-order valence-electron chi connectivity index (χ2n) is 4.14. The molecule has 0 spiro atoms. The van der Waals surface area contributed by atoms with Crippen LogP contribution < -0.4 is 4.74 Å². The average molecular weight is 250 g/mol. The van der Waals surface area contributed by atoms with Crippen molar-refractivity contribution in [1.82, 2.24) is 0 Å². The minimum Gasteiger partial charge on any atom is -0.497 e. The number of aliphatic hydroxyl groups is 1. The smallest absolute Gasteiger partial charge is 0.303 e. The van der Waals surface area contributed by atoms with Gasteiger partial charge in [-0.25, -0.2) is 0 Å². The Labute approximate surface area is 107 Å². The standard InChI is InChI=1S/C14H18O4/c1-5-13(18-10(2)15)14(3,16)11-6-8-12(17-4)9-7-11/h5-9,13,16H,1H2,2-4H3/t13-,14-/m0/s1. The van der Waals surface area contributed by atoms with Gasteiger partial charge in [-0.15, -0.1) is 0 Å². The van der Waals surface area contributed by atoms with Gasteiger partial charge in [-0.1, -0.05) is 18.7 Å². The molecule has 1 N–H and O–H groups in total. The number of carbonyl (C=O) groups excluding carboxylic acids is 1. The fourth-order valence-electron chi connectivity index (χ4n) is 1.66. The quantitative estimate of drug-likeness (QED) is 0.641. The molecule has 98 valence electrons. The number of ether oxygens (including phenoxy) is 2. The first kappa shape index (κ1) is 14.3. The molecule has 4 nitrogen and oxygen atoms in total. The Balaban J connectivity index is 3.01. The zero-order valence-corrected chi connectivity index (χ0v) is 10.8. The van der Waals surface area contributed by atoms with E-state index in [-0.39, 0.29) is 0 Å². The molecular weight excluding hydrogens is 232 g/mol. The van der Waals surface area contributed by atoms with Crippen molar-refractivity contribution in [3.05, 3.63) is 42.5 Å². The third-order valence-corrected chi connectivity index (χ3v) is 2.74. The second-order valence-corrected chi connectivity index (χ2v) is 4.14. The molecule has 0 fully saturated rings. The normalized spacial score (nSPS) is 15.3. The molecule has 0 bridgehead atoms. The lowest BCUT2D eigenvalue weighted by Crippen LogP contribution is -2.38. The van der Waals surface area contributed by atoms with Crippen LogP contribution >= 0.6 is 0 Å². The van der Waals surface area contributed by atoms with Crippen molar-refractivity contribution in [3.8, 4) is 5.75 Å². The highest BCUT2D eigenvalue weighted by molar-refractivity contribution is 5.66. The van der Waals surface area contributed by atoms with Gasteiger partial charge in [-0.2, -0.15) is 0 Å². The lowest BCUT2D eigenvalue weighted by molar-refractivity contribution is -0.156. The van der Waals surface area contributed by atoms with E-state index in [1.165, 1.54) is 13.0 Å². The molecule has 1 aromatic carbocycles. The number of rotatable bonds is 5. The second kappa shape index (κ2) is 5.69. The highest BCUT2D eigenvalue weighted by atomic mass is 16.6. The van der Waals surface area contributed by atoms with Crippen molar-refractivity contribution in [2.75, 3.05) is 7.11 Å². The van der Waals surface area contributed by atoms with Crippen LogP contribution in [-0.4, -0.2) is 24.3 Å². The molecule has 1 aromatic rings. The summed E-state index contributed by atoms with van der Waals surface area (Å²) in [6, 6.07) is 6.91. The summed E-state index contributed by atoms with van der Waals surface area (Å²) in [5.74, 6) is 0.228. The maximum absolute atomic E-state index is 11.0. The Morgan fingerprint density at radius 3 is 2.39 bits per heavy atom. The summed E-state index contributed by atoms with van der Waals surface area (Å²) < 4.78 is 10.1. The number of esters is 1. The minimum absolute atomic E-state index is 0.464. The van der Waals surface area contributed by atoms with Crippen molar-refractivity contribution in [2.45, 2.75) is 25.6 Å². The Kier molecular flexibility index (Phi) is 4.50. The molecule has 1 rings (SSSR count). The molecule has 4 heteroatoms.